The summed E-state index contributed by atoms with van der Waals surface area (Å²) in [7, 11) is 1.63. The maximum absolute atomic E-state index is 12.1. The van der Waals surface area contributed by atoms with Crippen molar-refractivity contribution in [2.24, 2.45) is 7.05 Å². The Morgan fingerprint density at radius 2 is 2.05 bits per heavy atom. The highest BCUT2D eigenvalue weighted by atomic mass is 32.2. The van der Waals surface area contributed by atoms with Crippen molar-refractivity contribution in [3.63, 3.8) is 0 Å². The minimum absolute atomic E-state index is 0.361. The second-order valence-electron chi connectivity index (χ2n) is 4.87. The lowest BCUT2D eigenvalue weighted by Gasteiger charge is -2.10. The van der Waals surface area contributed by atoms with Crippen LogP contribution in [-0.2, 0) is 13.6 Å². The molecular formula is C13H20N4O2S. The Balaban J connectivity index is 2.72. The van der Waals surface area contributed by atoms with Crippen LogP contribution in [0.5, 0.6) is 0 Å². The third-order valence-electron chi connectivity index (χ3n) is 3.30. The summed E-state index contributed by atoms with van der Waals surface area (Å²) in [6.07, 6.45) is 1.93. The Bertz CT molecular complexity index is 728. The van der Waals surface area contributed by atoms with E-state index in [1.165, 1.54) is 4.57 Å². The number of nitrogens with zero attached hydrogens (tertiary/aromatic N) is 3. The molecule has 0 aliphatic heterocycles. The summed E-state index contributed by atoms with van der Waals surface area (Å²) < 4.78 is 3.31. The van der Waals surface area contributed by atoms with E-state index in [4.69, 9.17) is 0 Å². The standard InChI is InChI=1S/C13H20N4O2S/c1-5-7-17-9-10(14-13(17)20-8(3)6-2)16(4)12(19)15-11(9)18/h8H,5-7H2,1-4H3,(H,15,18,19)/t8-/m1/s1. The van der Waals surface area contributed by atoms with Gasteiger partial charge in [-0.25, -0.2) is 9.78 Å². The number of thioether (sulfide) groups is 1. The summed E-state index contributed by atoms with van der Waals surface area (Å²) in [5, 5.41) is 1.22. The molecule has 0 unspecified atom stereocenters. The van der Waals surface area contributed by atoms with Gasteiger partial charge in [-0.3, -0.25) is 14.3 Å². The molecule has 0 aromatic carbocycles. The van der Waals surface area contributed by atoms with Gasteiger partial charge in [0.15, 0.2) is 16.3 Å². The van der Waals surface area contributed by atoms with Crippen molar-refractivity contribution in [1.29, 1.82) is 0 Å². The fourth-order valence-corrected chi connectivity index (χ4v) is 2.97. The number of aromatic nitrogens is 4. The van der Waals surface area contributed by atoms with Gasteiger partial charge in [-0.2, -0.15) is 0 Å². The number of aryl methyl sites for hydroxylation is 2. The highest BCUT2D eigenvalue weighted by Crippen LogP contribution is 2.26. The van der Waals surface area contributed by atoms with Crippen LogP contribution in [0.15, 0.2) is 14.7 Å². The molecular weight excluding hydrogens is 276 g/mol. The van der Waals surface area contributed by atoms with Crippen LogP contribution in [0.2, 0.25) is 0 Å². The van der Waals surface area contributed by atoms with Crippen molar-refractivity contribution in [3.05, 3.63) is 20.8 Å². The largest absolute Gasteiger partial charge is 0.329 e. The fraction of sp³-hybridized carbons (Fsp3) is 0.615. The van der Waals surface area contributed by atoms with E-state index >= 15 is 0 Å². The van der Waals surface area contributed by atoms with Crippen LogP contribution in [0.25, 0.3) is 11.2 Å². The van der Waals surface area contributed by atoms with Crippen LogP contribution in [0.1, 0.15) is 33.6 Å². The zero-order chi connectivity index (χ0) is 14.9. The van der Waals surface area contributed by atoms with E-state index in [1.807, 2.05) is 4.57 Å². The lowest BCUT2D eigenvalue weighted by atomic mass is 10.4. The van der Waals surface area contributed by atoms with Crippen molar-refractivity contribution < 1.29 is 0 Å². The molecule has 0 saturated carbocycles. The summed E-state index contributed by atoms with van der Waals surface area (Å²) in [5.74, 6) is 0. The molecule has 1 N–H and O–H groups in total. The average Bonchev–Trinajstić information content (AvgIpc) is 2.76. The number of rotatable bonds is 5. The van der Waals surface area contributed by atoms with E-state index in [0.29, 0.717) is 16.4 Å². The molecule has 0 bridgehead atoms. The number of nitrogens with one attached hydrogen (secondary N) is 1. The monoisotopic (exact) mass is 296 g/mol. The summed E-state index contributed by atoms with van der Waals surface area (Å²) >= 11 is 1.64. The Kier molecular flexibility index (Phi) is 4.37. The van der Waals surface area contributed by atoms with Gasteiger partial charge in [0.05, 0.1) is 0 Å². The molecule has 6 nitrogen and oxygen atoms in total. The van der Waals surface area contributed by atoms with Crippen molar-refractivity contribution in [3.8, 4) is 0 Å². The zero-order valence-corrected chi connectivity index (χ0v) is 13.1. The van der Waals surface area contributed by atoms with Gasteiger partial charge in [-0.05, 0) is 12.8 Å². The number of aromatic amines is 1. The van der Waals surface area contributed by atoms with Gasteiger partial charge in [-0.1, -0.05) is 32.5 Å². The molecule has 2 aromatic heterocycles. The summed E-state index contributed by atoms with van der Waals surface area (Å²) in [6, 6.07) is 0. The van der Waals surface area contributed by atoms with Gasteiger partial charge >= 0.3 is 5.69 Å². The first-order chi connectivity index (χ1) is 9.49. The summed E-state index contributed by atoms with van der Waals surface area (Å²) in [5.41, 5.74) is 0.154. The maximum atomic E-state index is 12.1. The Hall–Kier alpha value is -1.50. The molecule has 110 valence electrons. The number of H-pyrrole nitrogens is 1. The highest BCUT2D eigenvalue weighted by Gasteiger charge is 2.18. The van der Waals surface area contributed by atoms with Gasteiger partial charge < -0.3 is 4.57 Å². The second kappa shape index (κ2) is 5.87. The Morgan fingerprint density at radius 3 is 2.65 bits per heavy atom. The minimum atomic E-state index is -0.427. The maximum Gasteiger partial charge on any atom is 0.329 e. The highest BCUT2D eigenvalue weighted by molar-refractivity contribution is 7.99. The lowest BCUT2D eigenvalue weighted by Crippen LogP contribution is -2.29. The molecule has 20 heavy (non-hydrogen) atoms. The van der Waals surface area contributed by atoms with Crippen molar-refractivity contribution >= 4 is 22.9 Å². The van der Waals surface area contributed by atoms with E-state index in [2.05, 4.69) is 30.7 Å². The van der Waals surface area contributed by atoms with Crippen LogP contribution in [0, 0.1) is 0 Å². The fourth-order valence-electron chi connectivity index (χ4n) is 2.00. The molecule has 2 rings (SSSR count). The van der Waals surface area contributed by atoms with Gasteiger partial charge in [0.1, 0.15) is 0 Å². The predicted octanol–water partition coefficient (Wildman–Crippen LogP) is 1.72. The van der Waals surface area contributed by atoms with Crippen LogP contribution in [-0.4, -0.2) is 24.4 Å². The molecule has 7 heteroatoms. The van der Waals surface area contributed by atoms with E-state index in [1.54, 1.807) is 18.8 Å². The normalized spacial score (nSPS) is 13.0. The van der Waals surface area contributed by atoms with Crippen LogP contribution in [0.3, 0.4) is 0 Å². The first kappa shape index (κ1) is 14.9. The Labute approximate surface area is 121 Å². The third kappa shape index (κ3) is 2.54. The molecule has 0 amide bonds. The Morgan fingerprint density at radius 1 is 1.35 bits per heavy atom. The molecule has 2 aromatic rings. The van der Waals surface area contributed by atoms with Crippen LogP contribution < -0.4 is 11.2 Å². The molecule has 0 aliphatic rings. The van der Waals surface area contributed by atoms with Gasteiger partial charge in [-0.15, -0.1) is 0 Å². The molecule has 1 atom stereocenters. The van der Waals surface area contributed by atoms with E-state index in [-0.39, 0.29) is 5.56 Å². The summed E-state index contributed by atoms with van der Waals surface area (Å²) in [4.78, 5) is 30.6. The quantitative estimate of drug-likeness (QED) is 0.853. The first-order valence-corrected chi connectivity index (χ1v) is 7.73. The number of hydrogen-bond donors (Lipinski definition) is 1. The zero-order valence-electron chi connectivity index (χ0n) is 12.3. The average molecular weight is 296 g/mol. The van der Waals surface area contributed by atoms with Gasteiger partial charge in [0.25, 0.3) is 5.56 Å². The molecule has 0 radical (unpaired) electrons. The molecule has 0 aliphatic carbocycles. The van der Waals surface area contributed by atoms with Gasteiger partial charge in [0.2, 0.25) is 0 Å². The molecule has 0 saturated heterocycles. The number of hydrogen-bond acceptors (Lipinski definition) is 4. The topological polar surface area (TPSA) is 72.7 Å². The number of fused-ring (bicyclic) bond motifs is 1. The van der Waals surface area contributed by atoms with Crippen LogP contribution in [0.4, 0.5) is 0 Å². The predicted molar refractivity (Wildman–Crippen MR) is 81.5 cm³/mol. The SMILES string of the molecule is CCCn1c(S[C@H](C)CC)nc2c1c(=O)[nH]c(=O)n2C. The van der Waals surface area contributed by atoms with Gasteiger partial charge in [0, 0.05) is 18.8 Å². The summed E-state index contributed by atoms with van der Waals surface area (Å²) in [6.45, 7) is 7.02. The van der Waals surface area contributed by atoms with Crippen molar-refractivity contribution in [2.45, 2.75) is 50.6 Å². The van der Waals surface area contributed by atoms with E-state index in [9.17, 15) is 9.59 Å². The third-order valence-corrected chi connectivity index (χ3v) is 4.56. The van der Waals surface area contributed by atoms with E-state index in [0.717, 1.165) is 24.5 Å². The van der Waals surface area contributed by atoms with Crippen molar-refractivity contribution in [1.82, 2.24) is 19.1 Å². The molecule has 0 spiro atoms. The second-order valence-corrected chi connectivity index (χ2v) is 6.28. The molecule has 0 fully saturated rings. The number of imidazole rings is 1. The van der Waals surface area contributed by atoms with Crippen molar-refractivity contribution in [2.75, 3.05) is 0 Å². The van der Waals surface area contributed by atoms with Crippen LogP contribution >= 0.6 is 11.8 Å². The van der Waals surface area contributed by atoms with E-state index < -0.39 is 5.69 Å². The first-order valence-electron chi connectivity index (χ1n) is 6.85. The lowest BCUT2D eigenvalue weighted by molar-refractivity contribution is 0.635. The molecule has 2 heterocycles. The minimum Gasteiger partial charge on any atom is -0.313 e. The smallest absolute Gasteiger partial charge is 0.313 e.